The van der Waals surface area contributed by atoms with Crippen LogP contribution in [0.5, 0.6) is 0 Å². The second kappa shape index (κ2) is 10.2. The zero-order chi connectivity index (χ0) is 17.4. The Kier molecular flexibility index (Phi) is 8.29. The highest BCUT2D eigenvalue weighted by atomic mass is 16.5. The summed E-state index contributed by atoms with van der Waals surface area (Å²) in [6.45, 7) is 15.6. The first kappa shape index (κ1) is 19.5. The average Bonchev–Trinajstić information content (AvgIpc) is 3.11. The van der Waals surface area contributed by atoms with Crippen molar-refractivity contribution in [1.29, 1.82) is 0 Å². The summed E-state index contributed by atoms with van der Waals surface area (Å²) in [7, 11) is 2.20. The van der Waals surface area contributed by atoms with Crippen molar-refractivity contribution in [2.45, 2.75) is 45.7 Å². The number of hydrogen-bond donors (Lipinski definition) is 1. The summed E-state index contributed by atoms with van der Waals surface area (Å²) in [5.41, 5.74) is 0. The lowest BCUT2D eigenvalue weighted by molar-refractivity contribution is 0.0195. The quantitative estimate of drug-likeness (QED) is 0.556. The lowest BCUT2D eigenvalue weighted by Crippen LogP contribution is -2.46. The Labute approximate surface area is 148 Å². The van der Waals surface area contributed by atoms with E-state index in [0.717, 1.165) is 65.0 Å². The van der Waals surface area contributed by atoms with Crippen LogP contribution >= 0.6 is 0 Å². The molecule has 2 aliphatic heterocycles. The van der Waals surface area contributed by atoms with Crippen molar-refractivity contribution < 1.29 is 4.74 Å². The van der Waals surface area contributed by atoms with Crippen molar-refractivity contribution >= 4 is 5.96 Å². The Morgan fingerprint density at radius 1 is 1.29 bits per heavy atom. The number of likely N-dealkylation sites (tertiary alicyclic amines) is 1. The molecule has 2 aliphatic rings. The van der Waals surface area contributed by atoms with Crippen molar-refractivity contribution in [2.75, 3.05) is 66.1 Å². The van der Waals surface area contributed by atoms with Gasteiger partial charge >= 0.3 is 0 Å². The molecule has 0 amide bonds. The molecule has 2 saturated heterocycles. The molecule has 0 aliphatic carbocycles. The van der Waals surface area contributed by atoms with Crippen molar-refractivity contribution in [1.82, 2.24) is 20.0 Å². The molecule has 2 heterocycles. The first-order chi connectivity index (χ1) is 11.7. The molecule has 24 heavy (non-hydrogen) atoms. The van der Waals surface area contributed by atoms with Crippen LogP contribution < -0.4 is 5.32 Å². The summed E-state index contributed by atoms with van der Waals surface area (Å²) in [4.78, 5) is 12.3. The maximum atomic E-state index is 5.48. The second-order valence-corrected chi connectivity index (χ2v) is 7.01. The summed E-state index contributed by atoms with van der Waals surface area (Å²) in [6, 6.07) is 1.28. The molecule has 6 nitrogen and oxygen atoms in total. The zero-order valence-electron chi connectivity index (χ0n) is 16.1. The van der Waals surface area contributed by atoms with E-state index >= 15 is 0 Å². The number of rotatable bonds is 7. The Morgan fingerprint density at radius 3 is 2.71 bits per heavy atom. The van der Waals surface area contributed by atoms with E-state index in [1.165, 1.54) is 12.8 Å². The second-order valence-electron chi connectivity index (χ2n) is 7.01. The molecule has 0 radical (unpaired) electrons. The van der Waals surface area contributed by atoms with Gasteiger partial charge in [-0.2, -0.15) is 0 Å². The van der Waals surface area contributed by atoms with Crippen molar-refractivity contribution in [3.8, 4) is 0 Å². The fraction of sp³-hybridized carbons (Fsp3) is 0.944. The van der Waals surface area contributed by atoms with E-state index in [1.807, 2.05) is 0 Å². The summed E-state index contributed by atoms with van der Waals surface area (Å²) in [5.74, 6) is 1.09. The van der Waals surface area contributed by atoms with E-state index in [4.69, 9.17) is 9.73 Å². The van der Waals surface area contributed by atoms with E-state index in [0.29, 0.717) is 12.1 Å². The SMILES string of the molecule is CCNC(=NCCN(C)C(C)CC)N1CCC(N2CCOCC2)C1. The third-order valence-electron chi connectivity index (χ3n) is 5.42. The number of hydrogen-bond acceptors (Lipinski definition) is 4. The van der Waals surface area contributed by atoms with Crippen LogP contribution in [0.3, 0.4) is 0 Å². The van der Waals surface area contributed by atoms with Crippen LogP contribution in [-0.4, -0.2) is 98.8 Å². The largest absolute Gasteiger partial charge is 0.379 e. The van der Waals surface area contributed by atoms with E-state index < -0.39 is 0 Å². The average molecular weight is 340 g/mol. The number of ether oxygens (including phenoxy) is 1. The van der Waals surface area contributed by atoms with Crippen molar-refractivity contribution in [3.63, 3.8) is 0 Å². The standard InChI is InChI=1S/C18H37N5O/c1-5-16(3)21(4)10-8-20-18(19-6-2)23-9-7-17(15-23)22-11-13-24-14-12-22/h16-17H,5-15H2,1-4H3,(H,19,20). The summed E-state index contributed by atoms with van der Waals surface area (Å²) in [6.07, 6.45) is 2.42. The maximum absolute atomic E-state index is 5.48. The minimum Gasteiger partial charge on any atom is -0.379 e. The maximum Gasteiger partial charge on any atom is 0.194 e. The molecule has 0 aromatic heterocycles. The molecular weight excluding hydrogens is 302 g/mol. The molecule has 0 spiro atoms. The number of nitrogens with one attached hydrogen (secondary N) is 1. The van der Waals surface area contributed by atoms with Crippen LogP contribution in [0.15, 0.2) is 4.99 Å². The topological polar surface area (TPSA) is 43.3 Å². The first-order valence-electron chi connectivity index (χ1n) is 9.71. The molecule has 2 rings (SSSR count). The van der Waals surface area contributed by atoms with Gasteiger partial charge in [0.2, 0.25) is 0 Å². The lowest BCUT2D eigenvalue weighted by atomic mass is 10.2. The highest BCUT2D eigenvalue weighted by molar-refractivity contribution is 5.80. The first-order valence-corrected chi connectivity index (χ1v) is 9.71. The third-order valence-corrected chi connectivity index (χ3v) is 5.42. The van der Waals surface area contributed by atoms with Crippen LogP contribution in [0, 0.1) is 0 Å². The van der Waals surface area contributed by atoms with Gasteiger partial charge < -0.3 is 19.9 Å². The predicted molar refractivity (Wildman–Crippen MR) is 101 cm³/mol. The molecule has 0 bridgehead atoms. The number of likely N-dealkylation sites (N-methyl/N-ethyl adjacent to an activating group) is 1. The van der Waals surface area contributed by atoms with Gasteiger partial charge in [-0.15, -0.1) is 0 Å². The number of guanidine groups is 1. The molecular formula is C18H37N5O. The smallest absolute Gasteiger partial charge is 0.194 e. The fourth-order valence-corrected chi connectivity index (χ4v) is 3.45. The van der Waals surface area contributed by atoms with Gasteiger partial charge in [0.15, 0.2) is 5.96 Å². The molecule has 2 unspecified atom stereocenters. The van der Waals surface area contributed by atoms with Gasteiger partial charge in [0.25, 0.3) is 0 Å². The Balaban J connectivity index is 1.84. The van der Waals surface area contributed by atoms with Gasteiger partial charge in [-0.1, -0.05) is 6.92 Å². The molecule has 6 heteroatoms. The molecule has 0 saturated carbocycles. The molecule has 2 atom stereocenters. The molecule has 0 aromatic rings. The third kappa shape index (κ3) is 5.60. The zero-order valence-corrected chi connectivity index (χ0v) is 16.1. The fourth-order valence-electron chi connectivity index (χ4n) is 3.45. The minimum absolute atomic E-state index is 0.625. The summed E-state index contributed by atoms with van der Waals surface area (Å²) >= 11 is 0. The van der Waals surface area contributed by atoms with Gasteiger partial charge in [0.05, 0.1) is 19.8 Å². The number of morpholine rings is 1. The summed E-state index contributed by atoms with van der Waals surface area (Å²) in [5, 5.41) is 3.48. The Hall–Kier alpha value is -0.850. The predicted octanol–water partition coefficient (Wildman–Crippen LogP) is 1.09. The van der Waals surface area contributed by atoms with E-state index in [9.17, 15) is 0 Å². The minimum atomic E-state index is 0.625. The summed E-state index contributed by atoms with van der Waals surface area (Å²) < 4.78 is 5.48. The normalized spacial score (nSPS) is 24.6. The Morgan fingerprint density at radius 2 is 2.04 bits per heavy atom. The lowest BCUT2D eigenvalue weighted by Gasteiger charge is -2.32. The van der Waals surface area contributed by atoms with Gasteiger partial charge in [-0.3, -0.25) is 9.89 Å². The highest BCUT2D eigenvalue weighted by Crippen LogP contribution is 2.17. The van der Waals surface area contributed by atoms with Crippen LogP contribution in [0.4, 0.5) is 0 Å². The van der Waals surface area contributed by atoms with Crippen LogP contribution in [-0.2, 0) is 4.74 Å². The van der Waals surface area contributed by atoms with Crippen LogP contribution in [0.25, 0.3) is 0 Å². The number of aliphatic imine (C=N–C) groups is 1. The van der Waals surface area contributed by atoms with Gasteiger partial charge in [-0.05, 0) is 33.7 Å². The van der Waals surface area contributed by atoms with E-state index in [2.05, 4.69) is 47.8 Å². The van der Waals surface area contributed by atoms with E-state index in [-0.39, 0.29) is 0 Å². The molecule has 2 fully saturated rings. The molecule has 140 valence electrons. The van der Waals surface area contributed by atoms with Crippen molar-refractivity contribution in [3.05, 3.63) is 0 Å². The van der Waals surface area contributed by atoms with Gasteiger partial charge in [-0.25, -0.2) is 0 Å². The van der Waals surface area contributed by atoms with Gasteiger partial charge in [0, 0.05) is 51.4 Å². The monoisotopic (exact) mass is 339 g/mol. The van der Waals surface area contributed by atoms with E-state index in [1.54, 1.807) is 0 Å². The van der Waals surface area contributed by atoms with Crippen LogP contribution in [0.1, 0.15) is 33.6 Å². The van der Waals surface area contributed by atoms with Crippen LogP contribution in [0.2, 0.25) is 0 Å². The van der Waals surface area contributed by atoms with Crippen molar-refractivity contribution in [2.24, 2.45) is 4.99 Å². The molecule has 1 N–H and O–H groups in total. The highest BCUT2D eigenvalue weighted by Gasteiger charge is 2.30. The van der Waals surface area contributed by atoms with Gasteiger partial charge in [0.1, 0.15) is 0 Å². The molecule has 0 aromatic carbocycles. The Bertz CT molecular complexity index is 384. The number of nitrogens with zero attached hydrogens (tertiary/aromatic N) is 4.